The summed E-state index contributed by atoms with van der Waals surface area (Å²) in [5.41, 5.74) is 0. The molecule has 0 aliphatic rings. The molecule has 0 rings (SSSR count). The van der Waals surface area contributed by atoms with Crippen molar-refractivity contribution < 1.29 is 14.2 Å². The summed E-state index contributed by atoms with van der Waals surface area (Å²) in [5.74, 6) is 0. The fraction of sp³-hybridized carbons (Fsp3) is 1.00. The van der Waals surface area contributed by atoms with E-state index in [2.05, 4.69) is 25.8 Å². The summed E-state index contributed by atoms with van der Waals surface area (Å²) in [6, 6.07) is 0.620. The fourth-order valence-electron chi connectivity index (χ4n) is 4.14. The minimum absolute atomic E-state index is 0.475. The van der Waals surface area contributed by atoms with Gasteiger partial charge in [0.1, 0.15) is 0 Å². The molecule has 0 amide bonds. The third kappa shape index (κ3) is 23.0. The predicted octanol–water partition coefficient (Wildman–Crippen LogP) is 7.64. The molecule has 0 saturated heterocycles. The minimum atomic E-state index is 0.475. The van der Waals surface area contributed by atoms with Gasteiger partial charge in [-0.15, -0.1) is 0 Å². The number of hydrogen-bond acceptors (Lipinski definition) is 4. The Morgan fingerprint density at radius 3 is 1.34 bits per heavy atom. The van der Waals surface area contributed by atoms with Crippen molar-refractivity contribution in [2.24, 2.45) is 0 Å². The molecule has 32 heavy (non-hydrogen) atoms. The molecule has 0 fully saturated rings. The number of nitrogens with zero attached hydrogens (tertiary/aromatic N) is 1. The van der Waals surface area contributed by atoms with Gasteiger partial charge in [-0.05, 0) is 53.0 Å². The molecule has 0 N–H and O–H groups in total. The smallest absolute Gasteiger partial charge is 0.0575 e. The second kappa shape index (κ2) is 25.5. The molecule has 0 radical (unpaired) electrons. The van der Waals surface area contributed by atoms with Crippen molar-refractivity contribution in [1.82, 2.24) is 4.90 Å². The molecule has 194 valence electrons. The van der Waals surface area contributed by atoms with Gasteiger partial charge in [0.15, 0.2) is 0 Å². The molecule has 0 bridgehead atoms. The van der Waals surface area contributed by atoms with E-state index < -0.39 is 0 Å². The van der Waals surface area contributed by atoms with Crippen LogP contribution in [0.25, 0.3) is 0 Å². The highest BCUT2D eigenvalue weighted by Gasteiger charge is 2.10. The summed E-state index contributed by atoms with van der Waals surface area (Å²) in [5, 5.41) is 0. The van der Waals surface area contributed by atoms with Crippen LogP contribution in [0.15, 0.2) is 0 Å². The third-order valence-electron chi connectivity index (χ3n) is 6.64. The molecular formula is C28H59NO3. The maximum atomic E-state index is 6.36. The highest BCUT2D eigenvalue weighted by atomic mass is 16.5. The van der Waals surface area contributed by atoms with Gasteiger partial charge in [0.05, 0.1) is 6.10 Å². The van der Waals surface area contributed by atoms with Gasteiger partial charge in [-0.2, -0.15) is 0 Å². The first-order valence-electron chi connectivity index (χ1n) is 13.9. The van der Waals surface area contributed by atoms with Gasteiger partial charge in [0, 0.05) is 46.6 Å². The molecule has 4 nitrogen and oxygen atoms in total. The van der Waals surface area contributed by atoms with Crippen LogP contribution in [0.3, 0.4) is 0 Å². The van der Waals surface area contributed by atoms with Gasteiger partial charge < -0.3 is 19.1 Å². The maximum Gasteiger partial charge on any atom is 0.0575 e. The first-order chi connectivity index (χ1) is 15.6. The highest BCUT2D eigenvalue weighted by molar-refractivity contribution is 4.62. The molecule has 0 aromatic heterocycles. The summed E-state index contributed by atoms with van der Waals surface area (Å²) in [6.07, 6.45) is 22.8. The number of unbranched alkanes of at least 4 members (excludes halogenated alkanes) is 12. The third-order valence-corrected chi connectivity index (χ3v) is 6.64. The first kappa shape index (κ1) is 31.8. The van der Waals surface area contributed by atoms with E-state index in [4.69, 9.17) is 14.2 Å². The molecule has 0 aromatic rings. The Kier molecular flexibility index (Phi) is 25.3. The molecule has 0 unspecified atom stereocenters. The minimum Gasteiger partial charge on any atom is -0.385 e. The molecule has 0 aromatic carbocycles. The Balaban J connectivity index is 3.91. The lowest BCUT2D eigenvalue weighted by Gasteiger charge is -2.22. The zero-order chi connectivity index (χ0) is 23.7. The van der Waals surface area contributed by atoms with E-state index >= 15 is 0 Å². The summed E-state index contributed by atoms with van der Waals surface area (Å²) < 4.78 is 16.6. The van der Waals surface area contributed by atoms with E-state index in [1.807, 2.05) is 0 Å². The molecule has 0 aliphatic carbocycles. The van der Waals surface area contributed by atoms with Gasteiger partial charge in [0.2, 0.25) is 0 Å². The molecule has 0 saturated carbocycles. The standard InChI is InChI=1S/C28H59NO3/c1-27(2)29(3)23-20-26-32-28(21-16-12-8-6-10-14-18-24-30-4)22-17-13-9-7-11-15-19-25-31-5/h27-28H,6-26H2,1-5H3. The highest BCUT2D eigenvalue weighted by Crippen LogP contribution is 2.17. The van der Waals surface area contributed by atoms with Gasteiger partial charge in [0.25, 0.3) is 0 Å². The summed E-state index contributed by atoms with van der Waals surface area (Å²) >= 11 is 0. The Bertz CT molecular complexity index is 330. The van der Waals surface area contributed by atoms with Crippen molar-refractivity contribution >= 4 is 0 Å². The van der Waals surface area contributed by atoms with E-state index in [9.17, 15) is 0 Å². The van der Waals surface area contributed by atoms with Crippen molar-refractivity contribution in [3.63, 3.8) is 0 Å². The largest absolute Gasteiger partial charge is 0.385 e. The van der Waals surface area contributed by atoms with Crippen LogP contribution in [0.4, 0.5) is 0 Å². The first-order valence-corrected chi connectivity index (χ1v) is 13.9. The molecule has 0 spiro atoms. The van der Waals surface area contributed by atoms with E-state index in [1.165, 1.54) is 103 Å². The Hall–Kier alpha value is -0.160. The maximum absolute atomic E-state index is 6.36. The quantitative estimate of drug-likeness (QED) is 0.125. The van der Waals surface area contributed by atoms with Gasteiger partial charge in [-0.3, -0.25) is 0 Å². The van der Waals surface area contributed by atoms with Crippen molar-refractivity contribution in [3.05, 3.63) is 0 Å². The average molecular weight is 458 g/mol. The van der Waals surface area contributed by atoms with E-state index in [0.29, 0.717) is 12.1 Å². The second-order valence-corrected chi connectivity index (χ2v) is 9.93. The van der Waals surface area contributed by atoms with E-state index in [1.54, 1.807) is 14.2 Å². The topological polar surface area (TPSA) is 30.9 Å². The average Bonchev–Trinajstić information content (AvgIpc) is 2.78. The Morgan fingerprint density at radius 1 is 0.531 bits per heavy atom. The lowest BCUT2D eigenvalue weighted by Crippen LogP contribution is -2.28. The summed E-state index contributed by atoms with van der Waals surface area (Å²) in [7, 11) is 5.81. The molecule has 0 aliphatic heterocycles. The molecule has 0 heterocycles. The second-order valence-electron chi connectivity index (χ2n) is 9.93. The zero-order valence-corrected chi connectivity index (χ0v) is 22.7. The van der Waals surface area contributed by atoms with Gasteiger partial charge >= 0.3 is 0 Å². The number of methoxy groups -OCH3 is 2. The molecule has 4 heteroatoms. The van der Waals surface area contributed by atoms with E-state index in [0.717, 1.165) is 32.8 Å². The fourth-order valence-corrected chi connectivity index (χ4v) is 4.14. The number of ether oxygens (including phenoxy) is 3. The number of rotatable bonds is 26. The van der Waals surface area contributed by atoms with Crippen molar-refractivity contribution in [3.8, 4) is 0 Å². The lowest BCUT2D eigenvalue weighted by atomic mass is 10.0. The van der Waals surface area contributed by atoms with Crippen LogP contribution in [-0.4, -0.2) is 64.7 Å². The molecular weight excluding hydrogens is 398 g/mol. The Morgan fingerprint density at radius 2 is 0.938 bits per heavy atom. The van der Waals surface area contributed by atoms with Crippen LogP contribution < -0.4 is 0 Å². The summed E-state index contributed by atoms with van der Waals surface area (Å²) in [4.78, 5) is 2.41. The van der Waals surface area contributed by atoms with Crippen LogP contribution in [0.5, 0.6) is 0 Å². The van der Waals surface area contributed by atoms with E-state index in [-0.39, 0.29) is 0 Å². The SMILES string of the molecule is COCCCCCCCCCC(CCCCCCCCCOC)OCCCN(C)C(C)C. The van der Waals surface area contributed by atoms with Crippen molar-refractivity contribution in [2.45, 2.75) is 135 Å². The monoisotopic (exact) mass is 457 g/mol. The van der Waals surface area contributed by atoms with Crippen molar-refractivity contribution in [2.75, 3.05) is 47.6 Å². The van der Waals surface area contributed by atoms with Gasteiger partial charge in [-0.1, -0.05) is 77.0 Å². The van der Waals surface area contributed by atoms with Crippen LogP contribution in [0, 0.1) is 0 Å². The normalized spacial score (nSPS) is 12.0. The summed E-state index contributed by atoms with van der Waals surface area (Å²) in [6.45, 7) is 8.41. The predicted molar refractivity (Wildman–Crippen MR) is 140 cm³/mol. The molecule has 0 atom stereocenters. The van der Waals surface area contributed by atoms with Crippen LogP contribution in [0.1, 0.15) is 123 Å². The number of hydrogen-bond donors (Lipinski definition) is 0. The van der Waals surface area contributed by atoms with Crippen LogP contribution in [0.2, 0.25) is 0 Å². The van der Waals surface area contributed by atoms with Crippen LogP contribution in [-0.2, 0) is 14.2 Å². The van der Waals surface area contributed by atoms with Crippen molar-refractivity contribution in [1.29, 1.82) is 0 Å². The van der Waals surface area contributed by atoms with Crippen LogP contribution >= 0.6 is 0 Å². The lowest BCUT2D eigenvalue weighted by molar-refractivity contribution is 0.0325. The zero-order valence-electron chi connectivity index (χ0n) is 22.7. The van der Waals surface area contributed by atoms with Gasteiger partial charge in [-0.25, -0.2) is 0 Å². The Labute approximate surface area is 202 Å².